The van der Waals surface area contributed by atoms with Gasteiger partial charge in [0, 0.05) is 11.2 Å². The van der Waals surface area contributed by atoms with Gasteiger partial charge in [-0.3, -0.25) is 0 Å². The van der Waals surface area contributed by atoms with Crippen LogP contribution >= 0.6 is 34.2 Å². The lowest BCUT2D eigenvalue weighted by molar-refractivity contribution is 0.870. The maximum Gasteiger partial charge on any atom is 0.143 e. The molecule has 0 fully saturated rings. The molecule has 0 amide bonds. The summed E-state index contributed by atoms with van der Waals surface area (Å²) in [5.41, 5.74) is 1.06. The van der Waals surface area contributed by atoms with Crippen LogP contribution in [0, 0.1) is 3.57 Å². The van der Waals surface area contributed by atoms with Crippen molar-refractivity contribution in [1.29, 1.82) is 0 Å². The second-order valence-electron chi connectivity index (χ2n) is 3.61. The molecule has 0 saturated heterocycles. The molecule has 1 aromatic heterocycles. The van der Waals surface area contributed by atoms with E-state index in [4.69, 9.17) is 11.6 Å². The van der Waals surface area contributed by atoms with Crippen molar-refractivity contribution in [3.8, 4) is 0 Å². The van der Waals surface area contributed by atoms with E-state index in [0.29, 0.717) is 0 Å². The summed E-state index contributed by atoms with van der Waals surface area (Å²) in [6, 6.07) is 7.90. The van der Waals surface area contributed by atoms with E-state index in [-0.39, 0.29) is 6.04 Å². The van der Waals surface area contributed by atoms with Crippen LogP contribution in [0.15, 0.2) is 36.8 Å². The zero-order chi connectivity index (χ0) is 12.3. The van der Waals surface area contributed by atoms with Crippen LogP contribution in [0.5, 0.6) is 0 Å². The van der Waals surface area contributed by atoms with Crippen molar-refractivity contribution in [2.24, 2.45) is 0 Å². The van der Waals surface area contributed by atoms with Crippen LogP contribution in [-0.2, 0) is 0 Å². The third kappa shape index (κ3) is 3.07. The van der Waals surface area contributed by atoms with Gasteiger partial charge >= 0.3 is 0 Å². The molecule has 0 radical (unpaired) electrons. The molecular weight excluding hydrogens is 349 g/mol. The molecule has 1 atom stereocenters. The Labute approximate surface area is 119 Å². The van der Waals surface area contributed by atoms with E-state index < -0.39 is 0 Å². The van der Waals surface area contributed by atoms with Gasteiger partial charge in [-0.2, -0.15) is 0 Å². The minimum absolute atomic E-state index is 0.104. The Morgan fingerprint density at radius 3 is 2.82 bits per heavy atom. The molecule has 0 saturated carbocycles. The molecule has 1 aromatic carbocycles. The number of nitrogens with zero attached hydrogens (tertiary/aromatic N) is 2. The topological polar surface area (TPSA) is 37.8 Å². The molecular formula is C12H11ClIN3. The van der Waals surface area contributed by atoms with Crippen molar-refractivity contribution in [3.63, 3.8) is 0 Å². The van der Waals surface area contributed by atoms with Crippen molar-refractivity contribution in [3.05, 3.63) is 50.9 Å². The van der Waals surface area contributed by atoms with E-state index in [1.165, 1.54) is 6.33 Å². The van der Waals surface area contributed by atoms with Crippen molar-refractivity contribution in [2.75, 3.05) is 5.32 Å². The third-order valence-electron chi connectivity index (χ3n) is 2.39. The van der Waals surface area contributed by atoms with Crippen molar-refractivity contribution < 1.29 is 0 Å². The van der Waals surface area contributed by atoms with E-state index in [0.717, 1.165) is 20.0 Å². The van der Waals surface area contributed by atoms with Gasteiger partial charge in [-0.15, -0.1) is 0 Å². The highest BCUT2D eigenvalue weighted by molar-refractivity contribution is 14.1. The lowest BCUT2D eigenvalue weighted by Gasteiger charge is -2.16. The second kappa shape index (κ2) is 5.64. The summed E-state index contributed by atoms with van der Waals surface area (Å²) in [5, 5.41) is 4.08. The zero-order valence-electron chi connectivity index (χ0n) is 9.19. The van der Waals surface area contributed by atoms with Crippen LogP contribution in [0.3, 0.4) is 0 Å². The fraction of sp³-hybridized carbons (Fsp3) is 0.167. The molecule has 0 bridgehead atoms. The number of aromatic nitrogens is 2. The lowest BCUT2D eigenvalue weighted by Crippen LogP contribution is -2.09. The van der Waals surface area contributed by atoms with Crippen molar-refractivity contribution in [1.82, 2.24) is 9.97 Å². The quantitative estimate of drug-likeness (QED) is 0.845. The molecule has 0 aliphatic heterocycles. The maximum absolute atomic E-state index is 6.15. The Hall–Kier alpha value is -0.880. The van der Waals surface area contributed by atoms with Crippen LogP contribution < -0.4 is 5.32 Å². The van der Waals surface area contributed by atoms with E-state index in [1.54, 1.807) is 6.20 Å². The number of halogens is 2. The predicted molar refractivity (Wildman–Crippen MR) is 78.2 cm³/mol. The SMILES string of the molecule is CC(Nc1ncncc1I)c1ccccc1Cl. The molecule has 0 aliphatic rings. The largest absolute Gasteiger partial charge is 0.363 e. The molecule has 3 nitrogen and oxygen atoms in total. The number of rotatable bonds is 3. The number of anilines is 1. The van der Waals surface area contributed by atoms with E-state index >= 15 is 0 Å². The Kier molecular flexibility index (Phi) is 4.17. The van der Waals surface area contributed by atoms with E-state index in [2.05, 4.69) is 44.8 Å². The van der Waals surface area contributed by atoms with Gasteiger partial charge < -0.3 is 5.32 Å². The molecule has 2 rings (SSSR count). The third-order valence-corrected chi connectivity index (χ3v) is 3.53. The minimum atomic E-state index is 0.104. The first-order valence-electron chi connectivity index (χ1n) is 5.15. The first-order valence-corrected chi connectivity index (χ1v) is 6.60. The maximum atomic E-state index is 6.15. The highest BCUT2D eigenvalue weighted by Crippen LogP contribution is 2.26. The van der Waals surface area contributed by atoms with Gasteiger partial charge in [0.25, 0.3) is 0 Å². The number of hydrogen-bond donors (Lipinski definition) is 1. The Morgan fingerprint density at radius 1 is 1.35 bits per heavy atom. The molecule has 0 aliphatic carbocycles. The highest BCUT2D eigenvalue weighted by Gasteiger charge is 2.10. The van der Waals surface area contributed by atoms with E-state index in [9.17, 15) is 0 Å². The average molecular weight is 360 g/mol. The second-order valence-corrected chi connectivity index (χ2v) is 5.18. The first kappa shape index (κ1) is 12.6. The standard InChI is InChI=1S/C12H11ClIN3/c1-8(9-4-2-3-5-10(9)13)17-12-11(14)6-15-7-16-12/h2-8H,1H3,(H,15,16,17). The van der Waals surface area contributed by atoms with Crippen LogP contribution in [-0.4, -0.2) is 9.97 Å². The van der Waals surface area contributed by atoms with Crippen LogP contribution in [0.2, 0.25) is 5.02 Å². The molecule has 2 aromatic rings. The summed E-state index contributed by atoms with van der Waals surface area (Å²) in [5.74, 6) is 0.827. The fourth-order valence-corrected chi connectivity index (χ4v) is 2.28. The van der Waals surface area contributed by atoms with Crippen molar-refractivity contribution >= 4 is 40.0 Å². The van der Waals surface area contributed by atoms with Gasteiger partial charge in [-0.25, -0.2) is 9.97 Å². The summed E-state index contributed by atoms with van der Waals surface area (Å²) in [6.45, 7) is 2.05. The summed E-state index contributed by atoms with van der Waals surface area (Å²) in [4.78, 5) is 8.16. The lowest BCUT2D eigenvalue weighted by atomic mass is 10.1. The van der Waals surface area contributed by atoms with Gasteiger partial charge in [0.2, 0.25) is 0 Å². The summed E-state index contributed by atoms with van der Waals surface area (Å²) < 4.78 is 0.990. The van der Waals surface area contributed by atoms with Crippen molar-refractivity contribution in [2.45, 2.75) is 13.0 Å². The minimum Gasteiger partial charge on any atom is -0.363 e. The van der Waals surface area contributed by atoms with Crippen LogP contribution in [0.4, 0.5) is 5.82 Å². The number of benzene rings is 1. The van der Waals surface area contributed by atoms with Gasteiger partial charge in [0.1, 0.15) is 12.1 Å². The first-order chi connectivity index (χ1) is 8.18. The number of nitrogens with one attached hydrogen (secondary N) is 1. The van der Waals surface area contributed by atoms with Gasteiger partial charge in [-0.05, 0) is 41.1 Å². The Balaban J connectivity index is 2.20. The predicted octanol–water partition coefficient (Wildman–Crippen LogP) is 3.91. The fourth-order valence-electron chi connectivity index (χ4n) is 1.53. The van der Waals surface area contributed by atoms with Gasteiger partial charge in [0.05, 0.1) is 9.61 Å². The smallest absolute Gasteiger partial charge is 0.143 e. The Morgan fingerprint density at radius 2 is 2.12 bits per heavy atom. The highest BCUT2D eigenvalue weighted by atomic mass is 127. The molecule has 17 heavy (non-hydrogen) atoms. The zero-order valence-corrected chi connectivity index (χ0v) is 12.1. The van der Waals surface area contributed by atoms with Crippen LogP contribution in [0.25, 0.3) is 0 Å². The summed E-state index contributed by atoms with van der Waals surface area (Å²) in [7, 11) is 0. The summed E-state index contributed by atoms with van der Waals surface area (Å²) in [6.07, 6.45) is 3.30. The monoisotopic (exact) mass is 359 g/mol. The van der Waals surface area contributed by atoms with Gasteiger partial charge in [0.15, 0.2) is 0 Å². The van der Waals surface area contributed by atoms with Gasteiger partial charge in [-0.1, -0.05) is 29.8 Å². The molecule has 88 valence electrons. The molecule has 0 spiro atoms. The van der Waals surface area contributed by atoms with E-state index in [1.807, 2.05) is 24.3 Å². The molecule has 1 N–H and O–H groups in total. The molecule has 5 heteroatoms. The Bertz CT molecular complexity index is 519. The molecule has 1 heterocycles. The van der Waals surface area contributed by atoms with Crippen LogP contribution in [0.1, 0.15) is 18.5 Å². The molecule has 1 unspecified atom stereocenters. The normalized spacial score (nSPS) is 12.2. The summed E-state index contributed by atoms with van der Waals surface area (Å²) >= 11 is 8.35. The average Bonchev–Trinajstić information content (AvgIpc) is 2.32. The number of hydrogen-bond acceptors (Lipinski definition) is 3.